The summed E-state index contributed by atoms with van der Waals surface area (Å²) in [5.41, 5.74) is -0.526. The molecule has 2 rings (SSSR count). The third-order valence-electron chi connectivity index (χ3n) is 5.70. The third kappa shape index (κ3) is 4.93. The van der Waals surface area contributed by atoms with Gasteiger partial charge in [-0.2, -0.15) is 0 Å². The number of amides is 1. The molecule has 0 radical (unpaired) electrons. The minimum absolute atomic E-state index is 0.121. The van der Waals surface area contributed by atoms with E-state index in [1.807, 2.05) is 4.90 Å². The lowest BCUT2D eigenvalue weighted by Gasteiger charge is -2.45. The molecule has 2 aliphatic heterocycles. The fourth-order valence-electron chi connectivity index (χ4n) is 3.79. The quantitative estimate of drug-likeness (QED) is 0.835. The number of nitrogens with zero attached hydrogens (tertiary/aromatic N) is 3. The lowest BCUT2D eigenvalue weighted by Crippen LogP contribution is -2.56. The van der Waals surface area contributed by atoms with E-state index in [2.05, 4.69) is 51.3 Å². The van der Waals surface area contributed by atoms with Crippen LogP contribution in [0.15, 0.2) is 0 Å². The molecule has 140 valence electrons. The first-order valence-electron chi connectivity index (χ1n) is 9.41. The van der Waals surface area contributed by atoms with Gasteiger partial charge >= 0.3 is 0 Å². The van der Waals surface area contributed by atoms with Crippen LogP contribution in [0.3, 0.4) is 0 Å². The maximum Gasteiger partial charge on any atom is 0.225 e. The molecule has 5 heteroatoms. The Morgan fingerprint density at radius 1 is 0.833 bits per heavy atom. The van der Waals surface area contributed by atoms with E-state index < -0.39 is 5.60 Å². The van der Waals surface area contributed by atoms with Gasteiger partial charge < -0.3 is 10.0 Å². The summed E-state index contributed by atoms with van der Waals surface area (Å²) in [5.74, 6) is 0.121. The predicted octanol–water partition coefficient (Wildman–Crippen LogP) is 1.94. The van der Waals surface area contributed by atoms with Crippen LogP contribution < -0.4 is 0 Å². The van der Waals surface area contributed by atoms with Gasteiger partial charge in [-0.05, 0) is 54.4 Å². The molecule has 2 aliphatic rings. The zero-order chi connectivity index (χ0) is 18.2. The number of likely N-dealkylation sites (tertiary alicyclic amines) is 1. The number of carbonyl (C=O) groups is 1. The highest BCUT2D eigenvalue weighted by Gasteiger charge is 2.38. The molecule has 0 aromatic rings. The maximum absolute atomic E-state index is 12.6. The van der Waals surface area contributed by atoms with Gasteiger partial charge in [-0.25, -0.2) is 0 Å². The van der Waals surface area contributed by atoms with Gasteiger partial charge in [-0.15, -0.1) is 0 Å². The summed E-state index contributed by atoms with van der Waals surface area (Å²) in [6, 6.07) is 0. The van der Waals surface area contributed by atoms with Gasteiger partial charge in [0.05, 0.1) is 12.0 Å². The summed E-state index contributed by atoms with van der Waals surface area (Å²) in [6.07, 6.45) is 1.66. The second kappa shape index (κ2) is 6.93. The zero-order valence-corrected chi connectivity index (χ0v) is 16.6. The van der Waals surface area contributed by atoms with Crippen LogP contribution in [0.1, 0.15) is 60.8 Å². The van der Waals surface area contributed by atoms with E-state index in [-0.39, 0.29) is 23.4 Å². The molecule has 0 aromatic carbocycles. The van der Waals surface area contributed by atoms with E-state index in [1.54, 1.807) is 0 Å². The van der Waals surface area contributed by atoms with Crippen molar-refractivity contribution in [2.24, 2.45) is 0 Å². The molecular formula is C19H37N3O2. The summed E-state index contributed by atoms with van der Waals surface area (Å²) in [5, 5.41) is 10.9. The van der Waals surface area contributed by atoms with Crippen molar-refractivity contribution < 1.29 is 9.90 Å². The average molecular weight is 340 g/mol. The first-order chi connectivity index (χ1) is 10.9. The molecule has 2 fully saturated rings. The summed E-state index contributed by atoms with van der Waals surface area (Å²) in [6.45, 7) is 18.4. The van der Waals surface area contributed by atoms with Crippen LogP contribution in [0.4, 0.5) is 0 Å². The Balaban J connectivity index is 1.83. The topological polar surface area (TPSA) is 47.0 Å². The average Bonchev–Trinajstić information content (AvgIpc) is 2.45. The van der Waals surface area contributed by atoms with E-state index in [9.17, 15) is 9.90 Å². The second-order valence-electron chi connectivity index (χ2n) is 9.60. The van der Waals surface area contributed by atoms with Gasteiger partial charge in [0.1, 0.15) is 0 Å². The van der Waals surface area contributed by atoms with Crippen molar-refractivity contribution in [3.05, 3.63) is 0 Å². The Labute approximate surface area is 148 Å². The van der Waals surface area contributed by atoms with Crippen LogP contribution in [-0.4, -0.2) is 81.7 Å². The molecule has 0 saturated carbocycles. The Morgan fingerprint density at radius 3 is 1.67 bits per heavy atom. The van der Waals surface area contributed by atoms with Gasteiger partial charge in [0.25, 0.3) is 0 Å². The molecule has 0 atom stereocenters. The molecule has 5 nitrogen and oxygen atoms in total. The van der Waals surface area contributed by atoms with Crippen LogP contribution in [-0.2, 0) is 4.79 Å². The highest BCUT2D eigenvalue weighted by molar-refractivity contribution is 5.77. The van der Waals surface area contributed by atoms with Crippen molar-refractivity contribution in [3.63, 3.8) is 0 Å². The normalized spacial score (nSPS) is 24.2. The van der Waals surface area contributed by atoms with E-state index in [0.29, 0.717) is 12.8 Å². The molecular weight excluding hydrogens is 302 g/mol. The third-order valence-corrected chi connectivity index (χ3v) is 5.70. The fraction of sp³-hybridized carbons (Fsp3) is 0.947. The number of piperidine rings is 1. The molecule has 2 saturated heterocycles. The van der Waals surface area contributed by atoms with Crippen molar-refractivity contribution in [3.8, 4) is 0 Å². The highest BCUT2D eigenvalue weighted by atomic mass is 16.3. The SMILES string of the molecule is CC(C)(C)N1CCN(C(=O)CC2(O)CCN(C(C)(C)C)CC2)CC1. The molecule has 0 unspecified atom stereocenters. The molecule has 2 heterocycles. The lowest BCUT2D eigenvalue weighted by molar-refractivity contribution is -0.141. The summed E-state index contributed by atoms with van der Waals surface area (Å²) < 4.78 is 0. The van der Waals surface area contributed by atoms with Crippen LogP contribution >= 0.6 is 0 Å². The number of aliphatic hydroxyl groups is 1. The van der Waals surface area contributed by atoms with Crippen molar-refractivity contribution in [1.82, 2.24) is 14.7 Å². The second-order valence-corrected chi connectivity index (χ2v) is 9.60. The standard InChI is InChI=1S/C19H37N3O2/c1-17(2,3)21-9-7-19(24,8-10-21)15-16(23)20-11-13-22(14-12-20)18(4,5)6/h24H,7-15H2,1-6H3. The summed E-state index contributed by atoms with van der Waals surface area (Å²) in [4.78, 5) is 19.4. The van der Waals surface area contributed by atoms with Gasteiger partial charge in [0.15, 0.2) is 0 Å². The van der Waals surface area contributed by atoms with Gasteiger partial charge in [-0.1, -0.05) is 0 Å². The molecule has 0 bridgehead atoms. The van der Waals surface area contributed by atoms with Crippen LogP contribution in [0.2, 0.25) is 0 Å². The Bertz CT molecular complexity index is 435. The number of piperazine rings is 1. The monoisotopic (exact) mass is 339 g/mol. The van der Waals surface area contributed by atoms with Crippen molar-refractivity contribution in [2.45, 2.75) is 77.5 Å². The summed E-state index contributed by atoms with van der Waals surface area (Å²) >= 11 is 0. The van der Waals surface area contributed by atoms with Crippen LogP contribution in [0.5, 0.6) is 0 Å². The first-order valence-corrected chi connectivity index (χ1v) is 9.41. The van der Waals surface area contributed by atoms with Crippen LogP contribution in [0, 0.1) is 0 Å². The summed E-state index contributed by atoms with van der Waals surface area (Å²) in [7, 11) is 0. The molecule has 1 amide bonds. The number of rotatable bonds is 2. The molecule has 0 aromatic heterocycles. The van der Waals surface area contributed by atoms with Crippen molar-refractivity contribution in [1.29, 1.82) is 0 Å². The largest absolute Gasteiger partial charge is 0.389 e. The maximum atomic E-state index is 12.6. The van der Waals surface area contributed by atoms with E-state index >= 15 is 0 Å². The van der Waals surface area contributed by atoms with Crippen LogP contribution in [0.25, 0.3) is 0 Å². The Kier molecular flexibility index (Phi) is 5.68. The highest BCUT2D eigenvalue weighted by Crippen LogP contribution is 2.30. The number of carbonyl (C=O) groups excluding carboxylic acids is 1. The number of hydrogen-bond acceptors (Lipinski definition) is 4. The van der Waals surface area contributed by atoms with Gasteiger partial charge in [-0.3, -0.25) is 14.6 Å². The van der Waals surface area contributed by atoms with Gasteiger partial charge in [0, 0.05) is 50.3 Å². The van der Waals surface area contributed by atoms with Gasteiger partial charge in [0.2, 0.25) is 5.91 Å². The minimum Gasteiger partial charge on any atom is -0.389 e. The molecule has 0 aliphatic carbocycles. The molecule has 0 spiro atoms. The fourth-order valence-corrected chi connectivity index (χ4v) is 3.79. The number of hydrogen-bond donors (Lipinski definition) is 1. The Hall–Kier alpha value is -0.650. The predicted molar refractivity (Wildman–Crippen MR) is 98.0 cm³/mol. The van der Waals surface area contributed by atoms with E-state index in [1.165, 1.54) is 0 Å². The zero-order valence-electron chi connectivity index (χ0n) is 16.6. The smallest absolute Gasteiger partial charge is 0.225 e. The first kappa shape index (κ1) is 19.7. The van der Waals surface area contributed by atoms with E-state index in [0.717, 1.165) is 39.3 Å². The minimum atomic E-state index is -0.819. The molecule has 24 heavy (non-hydrogen) atoms. The van der Waals surface area contributed by atoms with Crippen molar-refractivity contribution >= 4 is 5.91 Å². The Morgan fingerprint density at radius 2 is 1.25 bits per heavy atom. The lowest BCUT2D eigenvalue weighted by atomic mass is 9.85. The molecule has 1 N–H and O–H groups in total. The van der Waals surface area contributed by atoms with E-state index in [4.69, 9.17) is 0 Å². The van der Waals surface area contributed by atoms with Crippen molar-refractivity contribution in [2.75, 3.05) is 39.3 Å².